The van der Waals surface area contributed by atoms with E-state index >= 15 is 0 Å². The molecule has 0 radical (unpaired) electrons. The van der Waals surface area contributed by atoms with Gasteiger partial charge in [0.05, 0.1) is 19.9 Å². The summed E-state index contributed by atoms with van der Waals surface area (Å²) in [5, 5.41) is 0.937. The van der Waals surface area contributed by atoms with Crippen LogP contribution in [0.25, 0.3) is 23.1 Å². The number of pyridine rings is 1. The van der Waals surface area contributed by atoms with Gasteiger partial charge in [-0.2, -0.15) is 0 Å². The summed E-state index contributed by atoms with van der Waals surface area (Å²) in [6.45, 7) is 6.40. The van der Waals surface area contributed by atoms with Crippen molar-refractivity contribution in [2.24, 2.45) is 0 Å². The van der Waals surface area contributed by atoms with E-state index in [-0.39, 0.29) is 5.41 Å². The molecule has 3 aromatic rings. The van der Waals surface area contributed by atoms with Gasteiger partial charge in [0, 0.05) is 29.3 Å². The lowest BCUT2D eigenvalue weighted by molar-refractivity contribution is 0.397. The van der Waals surface area contributed by atoms with E-state index in [2.05, 4.69) is 25.8 Å². The molecule has 0 aliphatic carbocycles. The molecule has 5 heteroatoms. The van der Waals surface area contributed by atoms with Gasteiger partial charge in [-0.05, 0) is 29.8 Å². The first-order valence-electron chi connectivity index (χ1n) is 8.44. The number of fused-ring (bicyclic) bond motifs is 1. The first-order chi connectivity index (χ1) is 12.4. The van der Waals surface area contributed by atoms with Crippen LogP contribution < -0.4 is 9.47 Å². The van der Waals surface area contributed by atoms with Crippen molar-refractivity contribution in [2.45, 2.75) is 26.2 Å². The molecule has 2 aromatic heterocycles. The van der Waals surface area contributed by atoms with E-state index in [0.29, 0.717) is 11.6 Å². The second-order valence-electron chi connectivity index (χ2n) is 7.03. The van der Waals surface area contributed by atoms with Crippen LogP contribution >= 0.6 is 0 Å². The summed E-state index contributed by atoms with van der Waals surface area (Å²) in [5.74, 6) is 2.03. The van der Waals surface area contributed by atoms with Crippen LogP contribution in [0.3, 0.4) is 0 Å². The molecule has 0 saturated heterocycles. The van der Waals surface area contributed by atoms with E-state index in [4.69, 9.17) is 19.4 Å². The summed E-state index contributed by atoms with van der Waals surface area (Å²) in [6.07, 6.45) is 7.40. The molecule has 0 N–H and O–H groups in total. The third kappa shape index (κ3) is 3.67. The lowest BCUT2D eigenvalue weighted by Gasteiger charge is -2.21. The van der Waals surface area contributed by atoms with Gasteiger partial charge < -0.3 is 9.47 Å². The largest absolute Gasteiger partial charge is 0.497 e. The van der Waals surface area contributed by atoms with Gasteiger partial charge >= 0.3 is 0 Å². The number of ether oxygens (including phenoxy) is 2. The lowest BCUT2D eigenvalue weighted by Crippen LogP contribution is -2.16. The molecule has 0 amide bonds. The molecule has 134 valence electrons. The Kier molecular flexibility index (Phi) is 4.89. The first kappa shape index (κ1) is 17.9. The van der Waals surface area contributed by atoms with Crippen molar-refractivity contribution in [3.63, 3.8) is 0 Å². The normalized spacial score (nSPS) is 11.9. The summed E-state index contributed by atoms with van der Waals surface area (Å²) < 4.78 is 11.0. The Morgan fingerprint density at radius 2 is 1.81 bits per heavy atom. The number of nitrogens with zero attached hydrogens (tertiary/aromatic N) is 3. The van der Waals surface area contributed by atoms with Crippen LogP contribution in [0.15, 0.2) is 36.7 Å². The molecule has 5 nitrogen and oxygen atoms in total. The van der Waals surface area contributed by atoms with E-state index < -0.39 is 0 Å². The predicted molar refractivity (Wildman–Crippen MR) is 105 cm³/mol. The molecular weight excluding hydrogens is 326 g/mol. The van der Waals surface area contributed by atoms with E-state index in [0.717, 1.165) is 27.9 Å². The summed E-state index contributed by atoms with van der Waals surface area (Å²) >= 11 is 0. The average Bonchev–Trinajstić information content (AvgIpc) is 2.64. The second kappa shape index (κ2) is 7.12. The van der Waals surface area contributed by atoms with Gasteiger partial charge in [-0.3, -0.25) is 4.98 Å². The van der Waals surface area contributed by atoms with E-state index in [9.17, 15) is 0 Å². The van der Waals surface area contributed by atoms with Crippen LogP contribution in [-0.4, -0.2) is 29.2 Å². The SMILES string of the molecule is COc1cc(OC)c2nc(/C=C/c3cccnc3)nc(C(C)(C)C)c2c1. The molecule has 0 atom stereocenters. The lowest BCUT2D eigenvalue weighted by atomic mass is 9.89. The highest BCUT2D eigenvalue weighted by Crippen LogP contribution is 2.35. The number of benzene rings is 1. The Labute approximate surface area is 153 Å². The molecule has 3 rings (SSSR count). The minimum Gasteiger partial charge on any atom is -0.497 e. The van der Waals surface area contributed by atoms with E-state index in [1.165, 1.54) is 0 Å². The quantitative estimate of drug-likeness (QED) is 0.693. The predicted octanol–water partition coefficient (Wildman–Crippen LogP) is 4.51. The molecule has 26 heavy (non-hydrogen) atoms. The number of methoxy groups -OCH3 is 2. The molecule has 0 aliphatic rings. The fourth-order valence-corrected chi connectivity index (χ4v) is 2.76. The minimum absolute atomic E-state index is 0.157. The van der Waals surface area contributed by atoms with E-state index in [1.807, 2.05) is 36.4 Å². The monoisotopic (exact) mass is 349 g/mol. The zero-order valence-electron chi connectivity index (χ0n) is 15.8. The summed E-state index contributed by atoms with van der Waals surface area (Å²) in [6, 6.07) is 7.70. The molecule has 0 bridgehead atoms. The Morgan fingerprint density at radius 1 is 1.00 bits per heavy atom. The van der Waals surface area contributed by atoms with Crippen LogP contribution in [0.5, 0.6) is 11.5 Å². The van der Waals surface area contributed by atoms with E-state index in [1.54, 1.807) is 26.6 Å². The van der Waals surface area contributed by atoms with Gasteiger partial charge in [0.15, 0.2) is 5.82 Å². The Morgan fingerprint density at radius 3 is 2.42 bits per heavy atom. The molecule has 0 aliphatic heterocycles. The first-order valence-corrected chi connectivity index (χ1v) is 8.44. The van der Waals surface area contributed by atoms with Crippen LogP contribution in [0, 0.1) is 0 Å². The van der Waals surface area contributed by atoms with Gasteiger partial charge in [-0.1, -0.05) is 26.8 Å². The Bertz CT molecular complexity index is 945. The zero-order chi connectivity index (χ0) is 18.7. The molecule has 2 heterocycles. The summed E-state index contributed by atoms with van der Waals surface area (Å²) in [5.41, 5.74) is 2.56. The minimum atomic E-state index is -0.157. The van der Waals surface area contributed by atoms with Crippen molar-refractivity contribution < 1.29 is 9.47 Å². The average molecular weight is 349 g/mol. The third-order valence-electron chi connectivity index (χ3n) is 4.03. The second-order valence-corrected chi connectivity index (χ2v) is 7.03. The van der Waals surface area contributed by atoms with Crippen LogP contribution in [-0.2, 0) is 5.41 Å². The fourth-order valence-electron chi connectivity index (χ4n) is 2.76. The molecule has 0 fully saturated rings. The highest BCUT2D eigenvalue weighted by molar-refractivity contribution is 5.89. The molecular formula is C21H23N3O2. The van der Waals surface area contributed by atoms with Crippen molar-refractivity contribution in [1.29, 1.82) is 0 Å². The van der Waals surface area contributed by atoms with Crippen molar-refractivity contribution >= 4 is 23.1 Å². The molecule has 1 aromatic carbocycles. The van der Waals surface area contributed by atoms with Crippen LogP contribution in [0.1, 0.15) is 37.9 Å². The maximum absolute atomic E-state index is 5.55. The molecule has 0 spiro atoms. The van der Waals surface area contributed by atoms with Crippen molar-refractivity contribution in [3.05, 3.63) is 53.7 Å². The Hall–Kier alpha value is -2.95. The van der Waals surface area contributed by atoms with Crippen molar-refractivity contribution in [1.82, 2.24) is 15.0 Å². The topological polar surface area (TPSA) is 57.1 Å². The van der Waals surface area contributed by atoms with Gasteiger partial charge in [-0.25, -0.2) is 9.97 Å². The molecule has 0 saturated carbocycles. The Balaban J connectivity index is 2.21. The van der Waals surface area contributed by atoms with Gasteiger partial charge in [0.1, 0.15) is 17.0 Å². The number of aromatic nitrogens is 3. The van der Waals surface area contributed by atoms with Gasteiger partial charge in [0.25, 0.3) is 0 Å². The maximum Gasteiger partial charge on any atom is 0.153 e. The van der Waals surface area contributed by atoms with Gasteiger partial charge in [0.2, 0.25) is 0 Å². The van der Waals surface area contributed by atoms with Crippen LogP contribution in [0.4, 0.5) is 0 Å². The number of hydrogen-bond donors (Lipinski definition) is 0. The van der Waals surface area contributed by atoms with Gasteiger partial charge in [-0.15, -0.1) is 0 Å². The third-order valence-corrected chi connectivity index (χ3v) is 4.03. The zero-order valence-corrected chi connectivity index (χ0v) is 15.8. The fraction of sp³-hybridized carbons (Fsp3) is 0.286. The highest BCUT2D eigenvalue weighted by Gasteiger charge is 2.22. The number of rotatable bonds is 4. The van der Waals surface area contributed by atoms with Crippen molar-refractivity contribution in [3.8, 4) is 11.5 Å². The standard InChI is InChI=1S/C21H23N3O2/c1-21(2,3)20-16-11-15(25-4)12-17(26-5)19(16)23-18(24-20)9-8-14-7-6-10-22-13-14/h6-13H,1-5H3/b9-8+. The summed E-state index contributed by atoms with van der Waals surface area (Å²) in [4.78, 5) is 13.6. The van der Waals surface area contributed by atoms with Crippen LogP contribution in [0.2, 0.25) is 0 Å². The smallest absolute Gasteiger partial charge is 0.153 e. The summed E-state index contributed by atoms with van der Waals surface area (Å²) in [7, 11) is 3.28. The van der Waals surface area contributed by atoms with Crippen molar-refractivity contribution in [2.75, 3.05) is 14.2 Å². The maximum atomic E-state index is 5.55. The highest BCUT2D eigenvalue weighted by atomic mass is 16.5. The molecule has 0 unspecified atom stereocenters. The number of hydrogen-bond acceptors (Lipinski definition) is 5.